The normalized spacial score (nSPS) is 10.5. The molecule has 0 fully saturated rings. The van der Waals surface area contributed by atoms with Gasteiger partial charge in [-0.1, -0.05) is 29.8 Å². The van der Waals surface area contributed by atoms with E-state index in [4.69, 9.17) is 22.1 Å². The topological polar surface area (TPSA) is 140 Å². The lowest BCUT2D eigenvalue weighted by Gasteiger charge is -2.06. The van der Waals surface area contributed by atoms with Crippen LogP contribution in [0.5, 0.6) is 5.75 Å². The minimum absolute atomic E-state index is 0.257. The molecule has 4 N–H and O–H groups in total. The average molecular weight is 465 g/mol. The largest absolute Gasteiger partial charge is 0.423 e. The fourth-order valence-corrected chi connectivity index (χ4v) is 2.75. The maximum Gasteiger partial charge on any atom is 0.343 e. The number of anilines is 1. The van der Waals surface area contributed by atoms with E-state index in [1.807, 2.05) is 0 Å². The summed E-state index contributed by atoms with van der Waals surface area (Å²) in [6.45, 7) is 0. The van der Waals surface area contributed by atoms with Crippen LogP contribution in [0.3, 0.4) is 0 Å². The minimum atomic E-state index is -1.01. The highest BCUT2D eigenvalue weighted by molar-refractivity contribution is 6.39. The Labute approximate surface area is 193 Å². The predicted octanol–water partition coefficient (Wildman–Crippen LogP) is 2.75. The summed E-state index contributed by atoms with van der Waals surface area (Å²) in [5.74, 6) is -2.90. The van der Waals surface area contributed by atoms with E-state index in [0.29, 0.717) is 21.8 Å². The Morgan fingerprint density at radius 2 is 1.61 bits per heavy atom. The van der Waals surface area contributed by atoms with Gasteiger partial charge >= 0.3 is 17.8 Å². The van der Waals surface area contributed by atoms with E-state index in [1.165, 1.54) is 42.6 Å². The molecule has 9 nitrogen and oxygen atoms in total. The summed E-state index contributed by atoms with van der Waals surface area (Å²) in [6.07, 6.45) is 1.28. The van der Waals surface area contributed by atoms with Crippen LogP contribution in [-0.2, 0) is 9.59 Å². The zero-order chi connectivity index (χ0) is 23.8. The van der Waals surface area contributed by atoms with Gasteiger partial charge in [-0.15, -0.1) is 0 Å². The molecule has 0 atom stereocenters. The molecule has 0 unspecified atom stereocenters. The molecular weight excluding hydrogens is 448 g/mol. The molecular formula is C23H17ClN4O5. The molecule has 0 saturated carbocycles. The van der Waals surface area contributed by atoms with E-state index in [1.54, 1.807) is 36.4 Å². The van der Waals surface area contributed by atoms with Crippen molar-refractivity contribution in [1.82, 2.24) is 5.43 Å². The molecule has 0 spiro atoms. The van der Waals surface area contributed by atoms with Crippen LogP contribution >= 0.6 is 11.6 Å². The SMILES string of the molecule is NC(=O)c1ccc(NC(=O)C(=O)NN=Cc2cccc(OC(=O)c3cccc(Cl)c3)c2)cc1. The standard InChI is InChI=1S/C23H17ClN4O5/c24-17-5-2-4-16(12-17)23(32)33-19-6-1-3-14(11-19)13-26-28-22(31)21(30)27-18-9-7-15(8-10-18)20(25)29/h1-13H,(H2,25,29)(H,27,30)(H,28,31). The molecule has 3 rings (SSSR count). The number of amides is 3. The summed E-state index contributed by atoms with van der Waals surface area (Å²) < 4.78 is 5.31. The van der Waals surface area contributed by atoms with Gasteiger partial charge in [0.15, 0.2) is 0 Å². The summed E-state index contributed by atoms with van der Waals surface area (Å²) in [4.78, 5) is 47.1. The molecule has 3 aromatic rings. The third-order valence-corrected chi connectivity index (χ3v) is 4.38. The van der Waals surface area contributed by atoms with Crippen molar-refractivity contribution in [3.63, 3.8) is 0 Å². The number of carbonyl (C=O) groups excluding carboxylic acids is 4. The molecule has 0 radical (unpaired) electrons. The van der Waals surface area contributed by atoms with Crippen LogP contribution in [0, 0.1) is 0 Å². The highest BCUT2D eigenvalue weighted by Gasteiger charge is 2.13. The maximum absolute atomic E-state index is 12.2. The van der Waals surface area contributed by atoms with Crippen LogP contribution in [0.25, 0.3) is 0 Å². The molecule has 0 heterocycles. The van der Waals surface area contributed by atoms with Crippen molar-refractivity contribution in [2.45, 2.75) is 0 Å². The Balaban J connectivity index is 1.55. The molecule has 166 valence electrons. The highest BCUT2D eigenvalue weighted by Crippen LogP contribution is 2.16. The van der Waals surface area contributed by atoms with Crippen molar-refractivity contribution >= 4 is 47.2 Å². The fourth-order valence-electron chi connectivity index (χ4n) is 2.56. The maximum atomic E-state index is 12.2. The molecule has 0 aliphatic carbocycles. The van der Waals surface area contributed by atoms with Gasteiger partial charge < -0.3 is 15.8 Å². The molecule has 3 amide bonds. The van der Waals surface area contributed by atoms with Crippen molar-refractivity contribution in [2.24, 2.45) is 10.8 Å². The van der Waals surface area contributed by atoms with Crippen LogP contribution in [0.2, 0.25) is 5.02 Å². The Bertz CT molecular complexity index is 1240. The van der Waals surface area contributed by atoms with Crippen molar-refractivity contribution in [2.75, 3.05) is 5.32 Å². The summed E-state index contributed by atoms with van der Waals surface area (Å²) >= 11 is 5.88. The molecule has 33 heavy (non-hydrogen) atoms. The van der Waals surface area contributed by atoms with Gasteiger partial charge in [0.05, 0.1) is 11.8 Å². The third-order valence-electron chi connectivity index (χ3n) is 4.14. The van der Waals surface area contributed by atoms with Gasteiger partial charge in [0.2, 0.25) is 5.91 Å². The zero-order valence-electron chi connectivity index (χ0n) is 16.9. The first-order valence-corrected chi connectivity index (χ1v) is 9.81. The Morgan fingerprint density at radius 1 is 0.879 bits per heavy atom. The number of benzene rings is 3. The van der Waals surface area contributed by atoms with E-state index in [9.17, 15) is 19.2 Å². The number of ether oxygens (including phenoxy) is 1. The molecule has 3 aromatic carbocycles. The van der Waals surface area contributed by atoms with Crippen LogP contribution in [0.15, 0.2) is 77.9 Å². The second-order valence-electron chi connectivity index (χ2n) is 6.57. The Hall–Kier alpha value is -4.50. The Kier molecular flexibility index (Phi) is 7.51. The second kappa shape index (κ2) is 10.7. The molecule has 0 aliphatic rings. The van der Waals surface area contributed by atoms with Gasteiger partial charge in [-0.3, -0.25) is 14.4 Å². The summed E-state index contributed by atoms with van der Waals surface area (Å²) in [6, 6.07) is 18.4. The first-order chi connectivity index (χ1) is 15.8. The number of esters is 1. The second-order valence-corrected chi connectivity index (χ2v) is 7.00. The number of hydrogen-bond donors (Lipinski definition) is 3. The number of nitrogens with zero attached hydrogens (tertiary/aromatic N) is 1. The van der Waals surface area contributed by atoms with Gasteiger partial charge in [0.1, 0.15) is 5.75 Å². The molecule has 0 bridgehead atoms. The fraction of sp³-hybridized carbons (Fsp3) is 0. The number of primary amides is 1. The van der Waals surface area contributed by atoms with E-state index in [0.717, 1.165) is 0 Å². The van der Waals surface area contributed by atoms with E-state index >= 15 is 0 Å². The number of halogens is 1. The summed E-state index contributed by atoms with van der Waals surface area (Å²) in [5, 5.41) is 6.50. The average Bonchev–Trinajstić information content (AvgIpc) is 2.79. The number of nitrogens with one attached hydrogen (secondary N) is 2. The monoisotopic (exact) mass is 464 g/mol. The smallest absolute Gasteiger partial charge is 0.343 e. The quantitative estimate of drug-likeness (QED) is 0.169. The number of nitrogens with two attached hydrogens (primary N) is 1. The Morgan fingerprint density at radius 3 is 2.30 bits per heavy atom. The summed E-state index contributed by atoms with van der Waals surface area (Å²) in [7, 11) is 0. The number of hydrogen-bond acceptors (Lipinski definition) is 6. The van der Waals surface area contributed by atoms with Crippen molar-refractivity contribution in [3.05, 3.63) is 94.5 Å². The zero-order valence-corrected chi connectivity index (χ0v) is 17.7. The van der Waals surface area contributed by atoms with Gasteiger partial charge in [0, 0.05) is 16.3 Å². The molecule has 10 heteroatoms. The van der Waals surface area contributed by atoms with Crippen LogP contribution in [0.1, 0.15) is 26.3 Å². The van der Waals surface area contributed by atoms with Crippen molar-refractivity contribution in [3.8, 4) is 5.75 Å². The lowest BCUT2D eigenvalue weighted by Crippen LogP contribution is -2.32. The van der Waals surface area contributed by atoms with Gasteiger partial charge in [-0.05, 0) is 60.2 Å². The van der Waals surface area contributed by atoms with Gasteiger partial charge in [-0.2, -0.15) is 5.10 Å². The first-order valence-electron chi connectivity index (χ1n) is 9.44. The number of carbonyl (C=O) groups is 4. The van der Waals surface area contributed by atoms with E-state index in [-0.39, 0.29) is 11.3 Å². The predicted molar refractivity (Wildman–Crippen MR) is 122 cm³/mol. The van der Waals surface area contributed by atoms with Gasteiger partial charge in [0.25, 0.3) is 0 Å². The first kappa shape index (κ1) is 23.2. The number of rotatable bonds is 6. The van der Waals surface area contributed by atoms with E-state index < -0.39 is 23.7 Å². The lowest BCUT2D eigenvalue weighted by atomic mass is 10.2. The molecule has 0 aliphatic heterocycles. The van der Waals surface area contributed by atoms with Crippen LogP contribution in [-0.4, -0.2) is 29.9 Å². The minimum Gasteiger partial charge on any atom is -0.423 e. The third kappa shape index (κ3) is 6.74. The van der Waals surface area contributed by atoms with Crippen LogP contribution in [0.4, 0.5) is 5.69 Å². The number of hydrazone groups is 1. The van der Waals surface area contributed by atoms with Crippen molar-refractivity contribution in [1.29, 1.82) is 0 Å². The van der Waals surface area contributed by atoms with E-state index in [2.05, 4.69) is 15.8 Å². The lowest BCUT2D eigenvalue weighted by molar-refractivity contribution is -0.136. The van der Waals surface area contributed by atoms with Gasteiger partial charge in [-0.25, -0.2) is 10.2 Å². The van der Waals surface area contributed by atoms with Crippen LogP contribution < -0.4 is 21.2 Å². The molecule has 0 aromatic heterocycles. The van der Waals surface area contributed by atoms with Crippen molar-refractivity contribution < 1.29 is 23.9 Å². The highest BCUT2D eigenvalue weighted by atomic mass is 35.5. The summed E-state index contributed by atoms with van der Waals surface area (Å²) in [5.41, 5.74) is 8.61. The molecule has 0 saturated heterocycles.